The molecule has 2 atom stereocenters. The van der Waals surface area contributed by atoms with E-state index in [2.05, 4.69) is 16.7 Å². The van der Waals surface area contributed by atoms with E-state index in [4.69, 9.17) is 10.5 Å². The minimum atomic E-state index is 0.348. The Hall–Kier alpha value is -0.160. The summed E-state index contributed by atoms with van der Waals surface area (Å²) in [5.74, 6) is 0.702. The monoisotopic (exact) mass is 241 g/mol. The lowest BCUT2D eigenvalue weighted by atomic mass is 9.92. The van der Waals surface area contributed by atoms with Gasteiger partial charge in [-0.05, 0) is 32.2 Å². The second-order valence-electron chi connectivity index (χ2n) is 5.52. The van der Waals surface area contributed by atoms with Crippen molar-refractivity contribution >= 4 is 0 Å². The van der Waals surface area contributed by atoms with Gasteiger partial charge in [0.1, 0.15) is 0 Å². The summed E-state index contributed by atoms with van der Waals surface area (Å²) in [6.45, 7) is 11.0. The molecule has 2 aliphatic rings. The van der Waals surface area contributed by atoms with E-state index in [1.54, 1.807) is 0 Å². The van der Waals surface area contributed by atoms with Crippen LogP contribution in [0.4, 0.5) is 0 Å². The summed E-state index contributed by atoms with van der Waals surface area (Å²) in [6, 6.07) is 0.348. The largest absolute Gasteiger partial charge is 0.379 e. The molecule has 100 valence electrons. The van der Waals surface area contributed by atoms with Crippen LogP contribution in [0.2, 0.25) is 0 Å². The Kier molecular flexibility index (Phi) is 5.22. The van der Waals surface area contributed by atoms with E-state index < -0.39 is 0 Å². The topological polar surface area (TPSA) is 41.7 Å². The first-order valence-corrected chi connectivity index (χ1v) is 7.04. The van der Waals surface area contributed by atoms with Gasteiger partial charge in [-0.3, -0.25) is 4.90 Å². The van der Waals surface area contributed by atoms with Gasteiger partial charge in [-0.15, -0.1) is 0 Å². The maximum Gasteiger partial charge on any atom is 0.0594 e. The molecule has 4 heteroatoms. The number of likely N-dealkylation sites (tertiary alicyclic amines) is 1. The van der Waals surface area contributed by atoms with Gasteiger partial charge in [-0.1, -0.05) is 0 Å². The number of rotatable bonds is 4. The van der Waals surface area contributed by atoms with Crippen molar-refractivity contribution in [3.63, 3.8) is 0 Å². The maximum atomic E-state index is 6.01. The van der Waals surface area contributed by atoms with Crippen LogP contribution in [0, 0.1) is 5.92 Å². The fraction of sp³-hybridized carbons (Fsp3) is 1.00. The Morgan fingerprint density at radius 2 is 1.88 bits per heavy atom. The number of ether oxygens (including phenoxy) is 1. The molecule has 17 heavy (non-hydrogen) atoms. The first-order chi connectivity index (χ1) is 8.25. The quantitative estimate of drug-likeness (QED) is 0.772. The zero-order chi connectivity index (χ0) is 12.1. The summed E-state index contributed by atoms with van der Waals surface area (Å²) in [6.07, 6.45) is 2.63. The van der Waals surface area contributed by atoms with Gasteiger partial charge in [0, 0.05) is 38.8 Å². The van der Waals surface area contributed by atoms with E-state index in [-0.39, 0.29) is 0 Å². The van der Waals surface area contributed by atoms with E-state index in [1.807, 2.05) is 0 Å². The van der Waals surface area contributed by atoms with Crippen molar-refractivity contribution in [1.29, 1.82) is 0 Å². The van der Waals surface area contributed by atoms with Crippen molar-refractivity contribution in [1.82, 2.24) is 9.80 Å². The molecule has 2 aliphatic heterocycles. The average Bonchev–Trinajstić information content (AvgIpc) is 2.38. The fourth-order valence-electron chi connectivity index (χ4n) is 2.83. The standard InChI is InChI=1S/C13H27N3O/c1-12(14)13-3-2-4-16(11-13)6-5-15-7-9-17-10-8-15/h12-13H,2-11,14H2,1H3. The van der Waals surface area contributed by atoms with Gasteiger partial charge in [0.25, 0.3) is 0 Å². The molecule has 0 amide bonds. The zero-order valence-corrected chi connectivity index (χ0v) is 11.1. The van der Waals surface area contributed by atoms with Crippen LogP contribution in [0.1, 0.15) is 19.8 Å². The van der Waals surface area contributed by atoms with Crippen LogP contribution in [0.25, 0.3) is 0 Å². The Labute approximate surface area is 105 Å². The summed E-state index contributed by atoms with van der Waals surface area (Å²) in [7, 11) is 0. The third-order valence-corrected chi connectivity index (χ3v) is 4.12. The highest BCUT2D eigenvalue weighted by molar-refractivity contribution is 4.79. The highest BCUT2D eigenvalue weighted by Crippen LogP contribution is 2.18. The Morgan fingerprint density at radius 1 is 1.18 bits per heavy atom. The molecule has 2 rings (SSSR count). The second-order valence-corrected chi connectivity index (χ2v) is 5.52. The molecule has 0 aromatic rings. The smallest absolute Gasteiger partial charge is 0.0594 e. The van der Waals surface area contributed by atoms with E-state index in [0.717, 1.165) is 26.3 Å². The van der Waals surface area contributed by atoms with E-state index in [9.17, 15) is 0 Å². The van der Waals surface area contributed by atoms with Crippen molar-refractivity contribution in [2.45, 2.75) is 25.8 Å². The van der Waals surface area contributed by atoms with E-state index in [0.29, 0.717) is 12.0 Å². The molecule has 2 fully saturated rings. The average molecular weight is 241 g/mol. The lowest BCUT2D eigenvalue weighted by molar-refractivity contribution is 0.0304. The molecule has 0 aliphatic carbocycles. The van der Waals surface area contributed by atoms with Crippen molar-refractivity contribution in [2.75, 3.05) is 52.5 Å². The number of piperidine rings is 1. The fourth-order valence-corrected chi connectivity index (χ4v) is 2.83. The number of nitrogens with two attached hydrogens (primary N) is 1. The highest BCUT2D eigenvalue weighted by atomic mass is 16.5. The Bertz CT molecular complexity index is 217. The van der Waals surface area contributed by atoms with Crippen LogP contribution in [0.3, 0.4) is 0 Å². The molecule has 0 radical (unpaired) electrons. The summed E-state index contributed by atoms with van der Waals surface area (Å²) in [5, 5.41) is 0. The second kappa shape index (κ2) is 6.69. The van der Waals surface area contributed by atoms with E-state index >= 15 is 0 Å². The third-order valence-electron chi connectivity index (χ3n) is 4.12. The van der Waals surface area contributed by atoms with Crippen molar-refractivity contribution < 1.29 is 4.74 Å². The summed E-state index contributed by atoms with van der Waals surface area (Å²) in [5.41, 5.74) is 6.01. The molecule has 0 aromatic carbocycles. The molecule has 0 saturated carbocycles. The van der Waals surface area contributed by atoms with Crippen LogP contribution < -0.4 is 5.73 Å². The molecule has 0 bridgehead atoms. The lowest BCUT2D eigenvalue weighted by Crippen LogP contribution is -2.46. The third kappa shape index (κ3) is 4.21. The molecule has 2 saturated heterocycles. The van der Waals surface area contributed by atoms with Crippen LogP contribution in [0.5, 0.6) is 0 Å². The Balaban J connectivity index is 1.67. The minimum absolute atomic E-state index is 0.348. The van der Waals surface area contributed by atoms with Gasteiger partial charge in [0.05, 0.1) is 13.2 Å². The molecule has 2 heterocycles. The molecule has 0 aromatic heterocycles. The SMILES string of the molecule is CC(N)C1CCCN(CCN2CCOCC2)C1. The number of hydrogen-bond acceptors (Lipinski definition) is 4. The van der Waals surface area contributed by atoms with Crippen molar-refractivity contribution in [3.05, 3.63) is 0 Å². The van der Waals surface area contributed by atoms with Gasteiger partial charge < -0.3 is 15.4 Å². The highest BCUT2D eigenvalue weighted by Gasteiger charge is 2.22. The first kappa shape index (κ1) is 13.3. The zero-order valence-electron chi connectivity index (χ0n) is 11.1. The van der Waals surface area contributed by atoms with Gasteiger partial charge >= 0.3 is 0 Å². The Morgan fingerprint density at radius 3 is 2.59 bits per heavy atom. The molecule has 4 nitrogen and oxygen atoms in total. The first-order valence-electron chi connectivity index (χ1n) is 7.04. The maximum absolute atomic E-state index is 6.01. The van der Waals surface area contributed by atoms with Crippen molar-refractivity contribution in [2.24, 2.45) is 11.7 Å². The molecular formula is C13H27N3O. The minimum Gasteiger partial charge on any atom is -0.379 e. The van der Waals surface area contributed by atoms with Crippen LogP contribution in [-0.4, -0.2) is 68.3 Å². The summed E-state index contributed by atoms with van der Waals surface area (Å²) in [4.78, 5) is 5.10. The number of nitrogens with zero attached hydrogens (tertiary/aromatic N) is 2. The molecule has 2 unspecified atom stereocenters. The van der Waals surface area contributed by atoms with Crippen molar-refractivity contribution in [3.8, 4) is 0 Å². The van der Waals surface area contributed by atoms with Gasteiger partial charge in [-0.25, -0.2) is 0 Å². The van der Waals surface area contributed by atoms with Gasteiger partial charge in [0.2, 0.25) is 0 Å². The predicted octanol–water partition coefficient (Wildman–Crippen LogP) is 0.378. The van der Waals surface area contributed by atoms with Gasteiger partial charge in [0.15, 0.2) is 0 Å². The molecule has 2 N–H and O–H groups in total. The number of hydrogen-bond donors (Lipinski definition) is 1. The molecular weight excluding hydrogens is 214 g/mol. The van der Waals surface area contributed by atoms with E-state index in [1.165, 1.54) is 39.0 Å². The molecule has 0 spiro atoms. The number of morpholine rings is 1. The summed E-state index contributed by atoms with van der Waals surface area (Å²) < 4.78 is 5.37. The van der Waals surface area contributed by atoms with Crippen LogP contribution >= 0.6 is 0 Å². The lowest BCUT2D eigenvalue weighted by Gasteiger charge is -2.36. The predicted molar refractivity (Wildman–Crippen MR) is 70.1 cm³/mol. The van der Waals surface area contributed by atoms with Gasteiger partial charge in [-0.2, -0.15) is 0 Å². The normalized spacial score (nSPS) is 30.4. The summed E-state index contributed by atoms with van der Waals surface area (Å²) >= 11 is 0. The van der Waals surface area contributed by atoms with Crippen LogP contribution in [-0.2, 0) is 4.74 Å². The van der Waals surface area contributed by atoms with Crippen LogP contribution in [0.15, 0.2) is 0 Å².